The summed E-state index contributed by atoms with van der Waals surface area (Å²) in [4.78, 5) is 12.5. The minimum absolute atomic E-state index is 0.146. The van der Waals surface area contributed by atoms with E-state index < -0.39 is 0 Å². The molecule has 1 atom stereocenters. The number of hydrogen-bond acceptors (Lipinski definition) is 4. The fourth-order valence-corrected chi connectivity index (χ4v) is 2.94. The molecule has 0 aliphatic rings. The third kappa shape index (κ3) is 3.05. The Labute approximate surface area is 144 Å². The van der Waals surface area contributed by atoms with E-state index in [1.165, 1.54) is 0 Å². The number of nitrogens with one attached hydrogen (secondary N) is 1. The number of rotatable bonds is 4. The van der Waals surface area contributed by atoms with E-state index in [0.29, 0.717) is 16.5 Å². The van der Waals surface area contributed by atoms with Gasteiger partial charge in [-0.25, -0.2) is 4.68 Å². The zero-order valence-electron chi connectivity index (χ0n) is 13.6. The van der Waals surface area contributed by atoms with Gasteiger partial charge in [-0.3, -0.25) is 4.79 Å². The summed E-state index contributed by atoms with van der Waals surface area (Å²) in [5, 5.41) is 11.4. The summed E-state index contributed by atoms with van der Waals surface area (Å²) in [5.41, 5.74) is 2.91. The molecule has 0 aliphatic carbocycles. The van der Waals surface area contributed by atoms with Crippen molar-refractivity contribution in [2.75, 3.05) is 5.32 Å². The van der Waals surface area contributed by atoms with Crippen molar-refractivity contribution in [1.82, 2.24) is 14.9 Å². The average molecular weight is 345 g/mol. The molecular weight excluding hydrogens is 328 g/mol. The third-order valence-electron chi connectivity index (χ3n) is 3.88. The van der Waals surface area contributed by atoms with Crippen molar-refractivity contribution >= 4 is 23.2 Å². The molecule has 6 nitrogen and oxygen atoms in total. The van der Waals surface area contributed by atoms with E-state index in [9.17, 15) is 4.79 Å². The quantitative estimate of drug-likeness (QED) is 0.779. The third-order valence-corrected chi connectivity index (χ3v) is 4.18. The summed E-state index contributed by atoms with van der Waals surface area (Å²) >= 11 is 6.30. The summed E-state index contributed by atoms with van der Waals surface area (Å²) in [6.07, 6.45) is 3.48. The van der Waals surface area contributed by atoms with Crippen LogP contribution in [-0.4, -0.2) is 20.8 Å². The number of benzene rings is 1. The Morgan fingerprint density at radius 3 is 2.75 bits per heavy atom. The van der Waals surface area contributed by atoms with Gasteiger partial charge in [0.25, 0.3) is 0 Å². The Hall–Kier alpha value is -2.60. The fourth-order valence-electron chi connectivity index (χ4n) is 2.67. The molecule has 0 saturated heterocycles. The molecule has 0 fully saturated rings. The van der Waals surface area contributed by atoms with Crippen LogP contribution < -0.4 is 5.32 Å². The van der Waals surface area contributed by atoms with E-state index in [4.69, 9.17) is 16.1 Å². The van der Waals surface area contributed by atoms with Crippen molar-refractivity contribution in [2.45, 2.75) is 26.7 Å². The summed E-state index contributed by atoms with van der Waals surface area (Å²) in [7, 11) is 0. The predicted octanol–water partition coefficient (Wildman–Crippen LogP) is 3.87. The Morgan fingerprint density at radius 2 is 2.17 bits per heavy atom. The lowest BCUT2D eigenvalue weighted by atomic mass is 9.98. The molecule has 0 aliphatic heterocycles. The van der Waals surface area contributed by atoms with Crippen LogP contribution in [0.5, 0.6) is 0 Å². The lowest BCUT2D eigenvalue weighted by Crippen LogP contribution is -2.19. The van der Waals surface area contributed by atoms with Gasteiger partial charge in [0.1, 0.15) is 5.76 Å². The van der Waals surface area contributed by atoms with Crippen LogP contribution in [0.3, 0.4) is 0 Å². The van der Waals surface area contributed by atoms with Crippen molar-refractivity contribution < 1.29 is 9.32 Å². The Bertz CT molecular complexity index is 851. The maximum absolute atomic E-state index is 12.5. The SMILES string of the molecule is Cc1noc(C)c1[C@H](C)C(=O)Nc1ccc(-n2cccn2)c(Cl)c1. The van der Waals surface area contributed by atoms with Crippen molar-refractivity contribution in [3.8, 4) is 5.69 Å². The van der Waals surface area contributed by atoms with Gasteiger partial charge in [-0.2, -0.15) is 5.10 Å². The highest BCUT2D eigenvalue weighted by molar-refractivity contribution is 6.32. The number of amides is 1. The normalized spacial score (nSPS) is 12.2. The first-order valence-electron chi connectivity index (χ1n) is 7.50. The minimum Gasteiger partial charge on any atom is -0.361 e. The van der Waals surface area contributed by atoms with Crippen LogP contribution in [0.2, 0.25) is 5.02 Å². The number of aromatic nitrogens is 3. The van der Waals surface area contributed by atoms with Crippen LogP contribution in [0.1, 0.15) is 29.9 Å². The molecule has 3 aromatic rings. The van der Waals surface area contributed by atoms with Gasteiger partial charge >= 0.3 is 0 Å². The van der Waals surface area contributed by atoms with Gasteiger partial charge < -0.3 is 9.84 Å². The number of aryl methyl sites for hydroxylation is 2. The second-order valence-corrected chi connectivity index (χ2v) is 5.97. The lowest BCUT2D eigenvalue weighted by Gasteiger charge is -2.13. The summed E-state index contributed by atoms with van der Waals surface area (Å²) < 4.78 is 6.80. The second-order valence-electron chi connectivity index (χ2n) is 5.57. The molecule has 3 rings (SSSR count). The van der Waals surface area contributed by atoms with E-state index in [1.807, 2.05) is 26.0 Å². The van der Waals surface area contributed by atoms with Crippen molar-refractivity contribution in [3.63, 3.8) is 0 Å². The molecule has 2 heterocycles. The molecule has 0 unspecified atom stereocenters. The average Bonchev–Trinajstić information content (AvgIpc) is 3.17. The first-order chi connectivity index (χ1) is 11.5. The van der Waals surface area contributed by atoms with Gasteiger partial charge in [0, 0.05) is 23.6 Å². The molecule has 0 radical (unpaired) electrons. The molecule has 1 N–H and O–H groups in total. The van der Waals surface area contributed by atoms with Crippen molar-refractivity contribution in [2.24, 2.45) is 0 Å². The van der Waals surface area contributed by atoms with Gasteiger partial charge in [-0.1, -0.05) is 16.8 Å². The van der Waals surface area contributed by atoms with Gasteiger partial charge in [0.05, 0.1) is 22.3 Å². The van der Waals surface area contributed by atoms with Crippen LogP contribution in [-0.2, 0) is 4.79 Å². The Kier molecular flexibility index (Phi) is 4.40. The monoisotopic (exact) mass is 344 g/mol. The topological polar surface area (TPSA) is 73.0 Å². The largest absolute Gasteiger partial charge is 0.361 e. The smallest absolute Gasteiger partial charge is 0.231 e. The van der Waals surface area contributed by atoms with Gasteiger partial charge in [-0.15, -0.1) is 0 Å². The number of halogens is 1. The van der Waals surface area contributed by atoms with E-state index in [2.05, 4.69) is 15.6 Å². The predicted molar refractivity (Wildman–Crippen MR) is 91.6 cm³/mol. The maximum atomic E-state index is 12.5. The zero-order valence-corrected chi connectivity index (χ0v) is 14.3. The van der Waals surface area contributed by atoms with Crippen LogP contribution in [0.25, 0.3) is 5.69 Å². The number of hydrogen-bond donors (Lipinski definition) is 1. The first kappa shape index (κ1) is 16.3. The number of carbonyl (C=O) groups excluding carboxylic acids is 1. The van der Waals surface area contributed by atoms with Crippen LogP contribution >= 0.6 is 11.6 Å². The zero-order chi connectivity index (χ0) is 17.3. The van der Waals surface area contributed by atoms with Crippen molar-refractivity contribution in [1.29, 1.82) is 0 Å². The van der Waals surface area contributed by atoms with E-state index in [-0.39, 0.29) is 11.8 Å². The standard InChI is InChI=1S/C17H17ClN4O2/c1-10(16-11(2)21-24-12(16)3)17(23)20-13-5-6-15(14(18)9-13)22-8-4-7-19-22/h4-10H,1-3H3,(H,20,23)/t10-/m0/s1. The highest BCUT2D eigenvalue weighted by Gasteiger charge is 2.23. The number of carbonyl (C=O) groups is 1. The minimum atomic E-state index is -0.374. The molecule has 0 saturated carbocycles. The highest BCUT2D eigenvalue weighted by atomic mass is 35.5. The Morgan fingerprint density at radius 1 is 1.38 bits per heavy atom. The second kappa shape index (κ2) is 6.49. The lowest BCUT2D eigenvalue weighted by molar-refractivity contribution is -0.117. The Balaban J connectivity index is 1.79. The molecule has 0 bridgehead atoms. The maximum Gasteiger partial charge on any atom is 0.231 e. The van der Waals surface area contributed by atoms with E-state index in [1.54, 1.807) is 36.1 Å². The molecule has 1 aromatic carbocycles. The van der Waals surface area contributed by atoms with Crippen LogP contribution in [0.4, 0.5) is 5.69 Å². The van der Waals surface area contributed by atoms with Crippen LogP contribution in [0, 0.1) is 13.8 Å². The molecule has 1 amide bonds. The first-order valence-corrected chi connectivity index (χ1v) is 7.88. The van der Waals surface area contributed by atoms with Gasteiger partial charge in [0.2, 0.25) is 5.91 Å². The van der Waals surface area contributed by atoms with E-state index in [0.717, 1.165) is 16.9 Å². The van der Waals surface area contributed by atoms with Gasteiger partial charge in [-0.05, 0) is 45.0 Å². The molecule has 0 spiro atoms. The molecular formula is C17H17ClN4O2. The molecule has 2 aromatic heterocycles. The number of anilines is 1. The fraction of sp³-hybridized carbons (Fsp3) is 0.235. The molecule has 124 valence electrons. The number of nitrogens with zero attached hydrogens (tertiary/aromatic N) is 3. The highest BCUT2D eigenvalue weighted by Crippen LogP contribution is 2.27. The summed E-state index contributed by atoms with van der Waals surface area (Å²) in [5.74, 6) is 0.135. The van der Waals surface area contributed by atoms with E-state index >= 15 is 0 Å². The summed E-state index contributed by atoms with van der Waals surface area (Å²) in [6.45, 7) is 5.45. The molecule has 24 heavy (non-hydrogen) atoms. The molecule has 7 heteroatoms. The summed E-state index contributed by atoms with van der Waals surface area (Å²) in [6, 6.07) is 7.13. The van der Waals surface area contributed by atoms with Gasteiger partial charge in [0.15, 0.2) is 0 Å². The van der Waals surface area contributed by atoms with Crippen LogP contribution in [0.15, 0.2) is 41.2 Å². The van der Waals surface area contributed by atoms with Crippen molar-refractivity contribution in [3.05, 3.63) is 58.7 Å².